The van der Waals surface area contributed by atoms with Crippen LogP contribution in [0.5, 0.6) is 0 Å². The molecule has 0 aliphatic carbocycles. The van der Waals surface area contributed by atoms with Gasteiger partial charge in [-0.3, -0.25) is 0 Å². The number of halogens is 1. The third-order valence-electron chi connectivity index (χ3n) is 1.20. The molecule has 0 aromatic heterocycles. The van der Waals surface area contributed by atoms with Gasteiger partial charge in [-0.2, -0.15) is 6.42 Å². The van der Waals surface area contributed by atoms with Crippen molar-refractivity contribution in [2.45, 2.75) is 6.42 Å². The van der Waals surface area contributed by atoms with Gasteiger partial charge in [-0.15, -0.1) is 0 Å². The van der Waals surface area contributed by atoms with Crippen LogP contribution < -0.4 is 18.9 Å². The average Bonchev–Trinajstić information content (AvgIpc) is 1.90. The van der Waals surface area contributed by atoms with Crippen LogP contribution in [0.15, 0.2) is 28.7 Å². The predicted octanol–water partition coefficient (Wildman–Crippen LogP) is -0.170. The molecule has 0 aliphatic rings. The minimum atomic E-state index is 0. The van der Waals surface area contributed by atoms with E-state index >= 15 is 0 Å². The van der Waals surface area contributed by atoms with Gasteiger partial charge in [0, 0.05) is 4.47 Å². The fourth-order valence-electron chi connectivity index (χ4n) is 0.651. The Hall–Kier alpha value is 0.297. The van der Waals surface area contributed by atoms with E-state index in [2.05, 4.69) is 35.0 Å². The zero-order valence-electron chi connectivity index (χ0n) is 6.10. The molecular weight excluding hydrogens is 183 g/mol. The monoisotopic (exact) mass is 190 g/mol. The van der Waals surface area contributed by atoms with Crippen LogP contribution in [0.25, 0.3) is 0 Å². The summed E-state index contributed by atoms with van der Waals surface area (Å²) < 4.78 is 1.12. The number of hydrogen-bond acceptors (Lipinski definition) is 0. The van der Waals surface area contributed by atoms with Crippen LogP contribution in [-0.4, -0.2) is 0 Å². The second-order valence-electron chi connectivity index (χ2n) is 1.88. The summed E-state index contributed by atoms with van der Waals surface area (Å²) in [5.41, 5.74) is 1.28. The molecular formula is C8H8BrLi. The van der Waals surface area contributed by atoms with E-state index in [1.807, 2.05) is 12.1 Å². The molecule has 0 saturated carbocycles. The Morgan fingerprint density at radius 3 is 2.10 bits per heavy atom. The maximum absolute atomic E-state index is 3.77. The van der Waals surface area contributed by atoms with E-state index in [4.69, 9.17) is 0 Å². The molecule has 0 amide bonds. The number of rotatable bonds is 1. The second-order valence-corrected chi connectivity index (χ2v) is 2.79. The summed E-state index contributed by atoms with van der Waals surface area (Å²) in [5.74, 6) is 0. The standard InChI is InChI=1S/C8H8Br.Li/c1-2-7-3-5-8(9)6-4-7;/h3-6H,1-2H2;/q-1;+1. The van der Waals surface area contributed by atoms with Gasteiger partial charge in [0.05, 0.1) is 0 Å². The van der Waals surface area contributed by atoms with Gasteiger partial charge < -0.3 is 6.92 Å². The Morgan fingerprint density at radius 2 is 1.70 bits per heavy atom. The molecule has 0 nitrogen and oxygen atoms in total. The SMILES string of the molecule is [CH2-]Cc1ccc(Br)cc1.[Li+]. The van der Waals surface area contributed by atoms with Crippen LogP contribution in [0.4, 0.5) is 0 Å². The molecule has 0 saturated heterocycles. The molecule has 0 spiro atoms. The van der Waals surface area contributed by atoms with Gasteiger partial charge in [-0.25, -0.2) is 0 Å². The minimum absolute atomic E-state index is 0. The van der Waals surface area contributed by atoms with Crippen molar-refractivity contribution in [1.29, 1.82) is 0 Å². The average molecular weight is 191 g/mol. The van der Waals surface area contributed by atoms with Crippen molar-refractivity contribution in [2.24, 2.45) is 0 Å². The summed E-state index contributed by atoms with van der Waals surface area (Å²) in [6, 6.07) is 8.19. The molecule has 1 aromatic carbocycles. The molecule has 2 heteroatoms. The Balaban J connectivity index is 0.000000810. The summed E-state index contributed by atoms with van der Waals surface area (Å²) in [4.78, 5) is 0. The minimum Gasteiger partial charge on any atom is -0.339 e. The summed E-state index contributed by atoms with van der Waals surface area (Å²) in [6.45, 7) is 3.77. The molecule has 0 N–H and O–H groups in total. The molecule has 1 rings (SSSR count). The van der Waals surface area contributed by atoms with Crippen LogP contribution in [0.3, 0.4) is 0 Å². The van der Waals surface area contributed by atoms with Crippen LogP contribution >= 0.6 is 15.9 Å². The van der Waals surface area contributed by atoms with Crippen LogP contribution in [0.2, 0.25) is 0 Å². The fraction of sp³-hybridized carbons (Fsp3) is 0.125. The molecule has 1 aromatic rings. The maximum atomic E-state index is 3.77. The molecule has 48 valence electrons. The molecule has 0 fully saturated rings. The smallest absolute Gasteiger partial charge is 0.339 e. The van der Waals surface area contributed by atoms with Crippen molar-refractivity contribution < 1.29 is 18.9 Å². The first-order chi connectivity index (χ1) is 4.33. The molecule has 0 unspecified atom stereocenters. The van der Waals surface area contributed by atoms with E-state index in [0.29, 0.717) is 0 Å². The molecule has 0 heterocycles. The van der Waals surface area contributed by atoms with E-state index < -0.39 is 0 Å². The van der Waals surface area contributed by atoms with E-state index in [9.17, 15) is 0 Å². The summed E-state index contributed by atoms with van der Waals surface area (Å²) in [5, 5.41) is 0. The van der Waals surface area contributed by atoms with E-state index in [1.165, 1.54) is 5.56 Å². The first-order valence-electron chi connectivity index (χ1n) is 2.86. The number of hydrogen-bond donors (Lipinski definition) is 0. The molecule has 0 aliphatic heterocycles. The molecule has 0 radical (unpaired) electrons. The van der Waals surface area contributed by atoms with Crippen molar-refractivity contribution in [3.63, 3.8) is 0 Å². The summed E-state index contributed by atoms with van der Waals surface area (Å²) >= 11 is 3.35. The van der Waals surface area contributed by atoms with Crippen molar-refractivity contribution in [2.75, 3.05) is 0 Å². The van der Waals surface area contributed by atoms with Crippen LogP contribution in [0, 0.1) is 6.92 Å². The summed E-state index contributed by atoms with van der Waals surface area (Å²) in [7, 11) is 0. The fourth-order valence-corrected chi connectivity index (χ4v) is 0.915. The van der Waals surface area contributed by atoms with Crippen molar-refractivity contribution >= 4 is 15.9 Å². The Labute approximate surface area is 82.3 Å². The zero-order valence-corrected chi connectivity index (χ0v) is 7.69. The van der Waals surface area contributed by atoms with Gasteiger partial charge in [0.25, 0.3) is 0 Å². The number of benzene rings is 1. The van der Waals surface area contributed by atoms with Crippen molar-refractivity contribution in [3.05, 3.63) is 41.2 Å². The van der Waals surface area contributed by atoms with Gasteiger partial charge >= 0.3 is 18.9 Å². The first kappa shape index (κ1) is 10.3. The van der Waals surface area contributed by atoms with Crippen molar-refractivity contribution in [1.82, 2.24) is 0 Å². The normalized spacial score (nSPS) is 8.60. The van der Waals surface area contributed by atoms with Crippen molar-refractivity contribution in [3.8, 4) is 0 Å². The molecule has 10 heavy (non-hydrogen) atoms. The Morgan fingerprint density at radius 1 is 1.20 bits per heavy atom. The van der Waals surface area contributed by atoms with E-state index in [1.54, 1.807) is 0 Å². The van der Waals surface area contributed by atoms with E-state index in [0.717, 1.165) is 10.9 Å². The first-order valence-corrected chi connectivity index (χ1v) is 3.66. The maximum Gasteiger partial charge on any atom is 1.00 e. The van der Waals surface area contributed by atoms with Crippen LogP contribution in [-0.2, 0) is 6.42 Å². The third kappa shape index (κ3) is 2.92. The van der Waals surface area contributed by atoms with Gasteiger partial charge in [0.2, 0.25) is 0 Å². The van der Waals surface area contributed by atoms with Gasteiger partial charge in [-0.05, 0) is 12.1 Å². The van der Waals surface area contributed by atoms with Crippen LogP contribution in [0.1, 0.15) is 5.56 Å². The molecule has 0 bridgehead atoms. The predicted molar refractivity (Wildman–Crippen MR) is 43.2 cm³/mol. The quantitative estimate of drug-likeness (QED) is 0.427. The largest absolute Gasteiger partial charge is 1.00 e. The Bertz CT molecular complexity index is 181. The van der Waals surface area contributed by atoms with Gasteiger partial charge in [0.15, 0.2) is 0 Å². The topological polar surface area (TPSA) is 0 Å². The third-order valence-corrected chi connectivity index (χ3v) is 1.73. The van der Waals surface area contributed by atoms with Gasteiger partial charge in [0.1, 0.15) is 0 Å². The zero-order chi connectivity index (χ0) is 6.69. The second kappa shape index (κ2) is 5.02. The van der Waals surface area contributed by atoms with Gasteiger partial charge in [-0.1, -0.05) is 33.6 Å². The van der Waals surface area contributed by atoms with E-state index in [-0.39, 0.29) is 18.9 Å². The summed E-state index contributed by atoms with van der Waals surface area (Å²) in [6.07, 6.45) is 0.868. The molecule has 0 atom stereocenters. The Kier molecular flexibility index (Phi) is 5.16.